The third-order valence-electron chi connectivity index (χ3n) is 3.02. The summed E-state index contributed by atoms with van der Waals surface area (Å²) in [7, 11) is 4.50. The number of aliphatic hydroxyl groups excluding tert-OH is 1. The second kappa shape index (κ2) is 8.36. The van der Waals surface area contributed by atoms with Crippen molar-refractivity contribution in [1.29, 1.82) is 0 Å². The average molecular weight is 298 g/mol. The van der Waals surface area contributed by atoms with Crippen LogP contribution in [0.2, 0.25) is 0 Å². The molecule has 21 heavy (non-hydrogen) atoms. The van der Waals surface area contributed by atoms with E-state index in [0.717, 1.165) is 0 Å². The average Bonchev–Trinajstić information content (AvgIpc) is 2.51. The van der Waals surface area contributed by atoms with E-state index >= 15 is 0 Å². The Balaban J connectivity index is 2.93. The maximum atomic E-state index is 11.3. The van der Waals surface area contributed by atoms with Crippen LogP contribution in [0.1, 0.15) is 31.4 Å². The molecule has 0 fully saturated rings. The molecule has 0 aliphatic heterocycles. The van der Waals surface area contributed by atoms with E-state index in [0.29, 0.717) is 29.4 Å². The van der Waals surface area contributed by atoms with Crippen LogP contribution >= 0.6 is 0 Å². The molecule has 0 saturated heterocycles. The van der Waals surface area contributed by atoms with Gasteiger partial charge in [-0.2, -0.15) is 0 Å². The van der Waals surface area contributed by atoms with Gasteiger partial charge in [0, 0.05) is 12.0 Å². The monoisotopic (exact) mass is 298 g/mol. The Hall–Kier alpha value is -1.95. The van der Waals surface area contributed by atoms with Gasteiger partial charge in [-0.1, -0.05) is 0 Å². The first-order valence-corrected chi connectivity index (χ1v) is 6.71. The Kier molecular flexibility index (Phi) is 6.81. The molecule has 0 saturated carbocycles. The summed E-state index contributed by atoms with van der Waals surface area (Å²) in [5.74, 6) is 0.979. The van der Waals surface area contributed by atoms with Gasteiger partial charge in [0.2, 0.25) is 5.75 Å². The van der Waals surface area contributed by atoms with Gasteiger partial charge in [0.05, 0.1) is 34.0 Å². The van der Waals surface area contributed by atoms with E-state index in [-0.39, 0.29) is 18.8 Å². The lowest BCUT2D eigenvalue weighted by atomic mass is 10.0. The van der Waals surface area contributed by atoms with Crippen molar-refractivity contribution >= 4 is 5.97 Å². The molecule has 0 aromatic heterocycles. The second-order valence-corrected chi connectivity index (χ2v) is 4.28. The molecule has 0 aliphatic rings. The van der Waals surface area contributed by atoms with Crippen LogP contribution in [-0.2, 0) is 9.53 Å². The molecule has 6 nitrogen and oxygen atoms in total. The van der Waals surface area contributed by atoms with Crippen molar-refractivity contribution < 1.29 is 28.8 Å². The predicted octanol–water partition coefficient (Wildman–Crippen LogP) is 2.09. The van der Waals surface area contributed by atoms with E-state index in [1.54, 1.807) is 19.1 Å². The van der Waals surface area contributed by atoms with Crippen molar-refractivity contribution in [2.45, 2.75) is 25.9 Å². The van der Waals surface area contributed by atoms with Gasteiger partial charge >= 0.3 is 5.97 Å². The summed E-state index contributed by atoms with van der Waals surface area (Å²) in [4.78, 5) is 11.3. The van der Waals surface area contributed by atoms with Gasteiger partial charge in [0.25, 0.3) is 0 Å². The van der Waals surface area contributed by atoms with Crippen LogP contribution in [0, 0.1) is 0 Å². The van der Waals surface area contributed by atoms with Crippen molar-refractivity contribution in [2.75, 3.05) is 27.9 Å². The molecule has 1 atom stereocenters. The molecule has 1 aromatic carbocycles. The lowest BCUT2D eigenvalue weighted by Gasteiger charge is -2.18. The lowest BCUT2D eigenvalue weighted by Crippen LogP contribution is -2.08. The Morgan fingerprint density at radius 2 is 1.81 bits per heavy atom. The van der Waals surface area contributed by atoms with Crippen molar-refractivity contribution in [3.05, 3.63) is 17.7 Å². The zero-order valence-electron chi connectivity index (χ0n) is 12.8. The summed E-state index contributed by atoms with van der Waals surface area (Å²) in [5, 5.41) is 10.2. The van der Waals surface area contributed by atoms with Crippen molar-refractivity contribution in [3.63, 3.8) is 0 Å². The van der Waals surface area contributed by atoms with Gasteiger partial charge in [0.1, 0.15) is 0 Å². The number of rotatable bonds is 8. The summed E-state index contributed by atoms with van der Waals surface area (Å²) in [6.07, 6.45) is -0.485. The van der Waals surface area contributed by atoms with Gasteiger partial charge in [-0.15, -0.1) is 0 Å². The second-order valence-electron chi connectivity index (χ2n) is 4.28. The quantitative estimate of drug-likeness (QED) is 0.741. The number of hydrogen-bond acceptors (Lipinski definition) is 6. The van der Waals surface area contributed by atoms with E-state index in [1.807, 2.05) is 0 Å². The van der Waals surface area contributed by atoms with E-state index < -0.39 is 6.10 Å². The number of benzene rings is 1. The van der Waals surface area contributed by atoms with Crippen LogP contribution in [0.3, 0.4) is 0 Å². The maximum Gasteiger partial charge on any atom is 0.305 e. The van der Waals surface area contributed by atoms with E-state index in [2.05, 4.69) is 0 Å². The SMILES string of the molecule is CCOC(=O)CCC(O)c1ccc(OC)c(OC)c1OC. The fraction of sp³-hybridized carbons (Fsp3) is 0.533. The van der Waals surface area contributed by atoms with Crippen molar-refractivity contribution in [3.8, 4) is 17.2 Å². The third kappa shape index (κ3) is 4.26. The first-order chi connectivity index (χ1) is 10.1. The molecule has 118 valence electrons. The highest BCUT2D eigenvalue weighted by molar-refractivity contribution is 5.69. The van der Waals surface area contributed by atoms with Gasteiger partial charge in [-0.25, -0.2) is 0 Å². The maximum absolute atomic E-state index is 11.3. The van der Waals surface area contributed by atoms with Gasteiger partial charge in [0.15, 0.2) is 11.5 Å². The first kappa shape index (κ1) is 17.1. The summed E-state index contributed by atoms with van der Waals surface area (Å²) >= 11 is 0. The molecule has 0 spiro atoms. The van der Waals surface area contributed by atoms with Gasteiger partial charge in [-0.05, 0) is 25.5 Å². The number of carbonyl (C=O) groups excluding carboxylic acids is 1. The van der Waals surface area contributed by atoms with E-state index in [1.165, 1.54) is 21.3 Å². The summed E-state index contributed by atoms with van der Waals surface area (Å²) < 4.78 is 20.6. The van der Waals surface area contributed by atoms with Gasteiger partial charge in [-0.3, -0.25) is 4.79 Å². The highest BCUT2D eigenvalue weighted by Crippen LogP contribution is 2.42. The van der Waals surface area contributed by atoms with E-state index in [4.69, 9.17) is 18.9 Å². The summed E-state index contributed by atoms with van der Waals surface area (Å²) in [6.45, 7) is 2.07. The minimum absolute atomic E-state index is 0.131. The fourth-order valence-corrected chi connectivity index (χ4v) is 2.03. The van der Waals surface area contributed by atoms with Crippen LogP contribution in [0.5, 0.6) is 17.2 Å². The minimum atomic E-state index is -0.857. The van der Waals surface area contributed by atoms with E-state index in [9.17, 15) is 9.90 Å². The largest absolute Gasteiger partial charge is 0.493 e. The zero-order chi connectivity index (χ0) is 15.8. The molecule has 0 aliphatic carbocycles. The Bertz CT molecular complexity index is 471. The summed E-state index contributed by atoms with van der Waals surface area (Å²) in [6, 6.07) is 3.38. The number of carbonyl (C=O) groups is 1. The normalized spacial score (nSPS) is 11.7. The third-order valence-corrected chi connectivity index (χ3v) is 3.02. The smallest absolute Gasteiger partial charge is 0.305 e. The topological polar surface area (TPSA) is 74.2 Å². The van der Waals surface area contributed by atoms with Crippen LogP contribution in [0.15, 0.2) is 12.1 Å². The molecular weight excluding hydrogens is 276 g/mol. The zero-order valence-corrected chi connectivity index (χ0v) is 12.8. The molecule has 0 radical (unpaired) electrons. The molecule has 0 heterocycles. The first-order valence-electron chi connectivity index (χ1n) is 6.71. The summed E-state index contributed by atoms with van der Waals surface area (Å²) in [5.41, 5.74) is 0.541. The predicted molar refractivity (Wildman–Crippen MR) is 76.9 cm³/mol. The fourth-order valence-electron chi connectivity index (χ4n) is 2.03. The molecule has 1 unspecified atom stereocenters. The van der Waals surface area contributed by atoms with Crippen LogP contribution in [-0.4, -0.2) is 39.0 Å². The molecule has 6 heteroatoms. The molecule has 1 N–H and O–H groups in total. The van der Waals surface area contributed by atoms with Crippen LogP contribution in [0.25, 0.3) is 0 Å². The van der Waals surface area contributed by atoms with Crippen LogP contribution in [0.4, 0.5) is 0 Å². The standard InChI is InChI=1S/C15H22O6/c1-5-21-13(17)9-7-11(16)10-6-8-12(18-2)15(20-4)14(10)19-3/h6,8,11,16H,5,7,9H2,1-4H3. The Morgan fingerprint density at radius 1 is 1.14 bits per heavy atom. The number of ether oxygens (including phenoxy) is 4. The van der Waals surface area contributed by atoms with Crippen LogP contribution < -0.4 is 14.2 Å². The molecule has 0 amide bonds. The Morgan fingerprint density at radius 3 is 2.33 bits per heavy atom. The Labute approximate surface area is 124 Å². The number of methoxy groups -OCH3 is 3. The highest BCUT2D eigenvalue weighted by atomic mass is 16.5. The number of aliphatic hydroxyl groups is 1. The number of esters is 1. The molecule has 0 bridgehead atoms. The molecular formula is C15H22O6. The molecule has 1 rings (SSSR count). The van der Waals surface area contributed by atoms with Crippen molar-refractivity contribution in [2.24, 2.45) is 0 Å². The number of hydrogen-bond donors (Lipinski definition) is 1. The van der Waals surface area contributed by atoms with Gasteiger partial charge < -0.3 is 24.1 Å². The van der Waals surface area contributed by atoms with Crippen molar-refractivity contribution in [1.82, 2.24) is 0 Å². The lowest BCUT2D eigenvalue weighted by molar-refractivity contribution is -0.143. The molecule has 1 aromatic rings. The highest BCUT2D eigenvalue weighted by Gasteiger charge is 2.21. The minimum Gasteiger partial charge on any atom is -0.493 e.